The summed E-state index contributed by atoms with van der Waals surface area (Å²) in [4.78, 5) is 54.0. The maximum atomic E-state index is 13.3. The van der Waals surface area contributed by atoms with Gasteiger partial charge in [0.2, 0.25) is 18.6 Å². The lowest BCUT2D eigenvalue weighted by molar-refractivity contribution is -0.124. The first kappa shape index (κ1) is 29.6. The summed E-state index contributed by atoms with van der Waals surface area (Å²) in [5, 5.41) is 24.0. The van der Waals surface area contributed by atoms with Gasteiger partial charge in [-0.25, -0.2) is 4.98 Å². The van der Waals surface area contributed by atoms with Crippen LogP contribution in [0, 0.1) is 23.2 Å². The van der Waals surface area contributed by atoms with Crippen molar-refractivity contribution in [2.24, 2.45) is 23.2 Å². The van der Waals surface area contributed by atoms with Gasteiger partial charge in [0.1, 0.15) is 18.1 Å². The zero-order valence-electron chi connectivity index (χ0n) is 22.1. The van der Waals surface area contributed by atoms with Gasteiger partial charge in [-0.15, -0.1) is 0 Å². The van der Waals surface area contributed by atoms with Crippen LogP contribution in [0.2, 0.25) is 5.28 Å². The maximum absolute atomic E-state index is 13.3. The van der Waals surface area contributed by atoms with E-state index in [9.17, 15) is 29.0 Å². The first-order valence-corrected chi connectivity index (χ1v) is 18.0. The second kappa shape index (κ2) is 10.6. The smallest absolute Gasteiger partial charge is 0.335 e. The fourth-order valence-electron chi connectivity index (χ4n) is 8.07. The van der Waals surface area contributed by atoms with Crippen LogP contribution in [0.15, 0.2) is 6.33 Å². The Morgan fingerprint density at radius 1 is 1.07 bits per heavy atom. The molecule has 5 atom stereocenters. The normalized spacial score (nSPS) is 36.1. The summed E-state index contributed by atoms with van der Waals surface area (Å²) in [5.74, 6) is 0.881. The van der Waals surface area contributed by atoms with Crippen LogP contribution < -0.4 is 5.32 Å². The van der Waals surface area contributed by atoms with Gasteiger partial charge >= 0.3 is 7.60 Å². The van der Waals surface area contributed by atoms with E-state index in [1.165, 1.54) is 30.2 Å². The number of nitrogens with zero attached hydrogens (tertiary/aromatic N) is 4. The number of aromatic nitrogens is 4. The minimum absolute atomic E-state index is 0.0188. The third-order valence-electron chi connectivity index (χ3n) is 9.13. The lowest BCUT2D eigenvalue weighted by Gasteiger charge is -2.56. The number of amides is 1. The average molecular weight is 634 g/mol. The van der Waals surface area contributed by atoms with Crippen molar-refractivity contribution in [3.05, 3.63) is 11.6 Å². The minimum atomic E-state index is -4.73. The van der Waals surface area contributed by atoms with Gasteiger partial charge in [0.15, 0.2) is 23.2 Å². The molecular weight excluding hydrogens is 600 g/mol. The van der Waals surface area contributed by atoms with Crippen molar-refractivity contribution in [1.29, 1.82) is 0 Å². The number of carbonyl (C=O) groups excluding carboxylic acids is 1. The van der Waals surface area contributed by atoms with Crippen LogP contribution in [-0.4, -0.2) is 80.7 Å². The van der Waals surface area contributed by atoms with Crippen molar-refractivity contribution >= 4 is 49.5 Å². The second-order valence-electron chi connectivity index (χ2n) is 12.5. The average Bonchev–Trinajstić information content (AvgIpc) is 3.35. The third kappa shape index (κ3) is 6.14. The van der Waals surface area contributed by atoms with E-state index in [1.807, 2.05) is 0 Å². The number of carbonyl (C=O) groups is 1. The van der Waals surface area contributed by atoms with Gasteiger partial charge in [-0.2, -0.15) is 9.97 Å². The molecule has 41 heavy (non-hydrogen) atoms. The topological polar surface area (TPSA) is 217 Å². The van der Waals surface area contributed by atoms with Gasteiger partial charge in [-0.05, 0) is 79.7 Å². The Bertz CT molecular complexity index is 1410. The molecule has 2 unspecified atom stereocenters. The summed E-state index contributed by atoms with van der Waals surface area (Å²) in [6.07, 6.45) is 2.72. The van der Waals surface area contributed by atoms with Crippen molar-refractivity contribution in [2.75, 3.05) is 17.4 Å². The first-order chi connectivity index (χ1) is 19.2. The van der Waals surface area contributed by atoms with Crippen LogP contribution in [0.3, 0.4) is 0 Å². The molecule has 0 radical (unpaired) electrons. The van der Waals surface area contributed by atoms with E-state index in [2.05, 4.69) is 20.3 Å². The lowest BCUT2D eigenvalue weighted by atomic mass is 9.49. The van der Waals surface area contributed by atoms with Crippen molar-refractivity contribution < 1.29 is 43.6 Å². The largest absolute Gasteiger partial charge is 0.388 e. The molecule has 1 saturated heterocycles. The van der Waals surface area contributed by atoms with Gasteiger partial charge in [0, 0.05) is 12.6 Å². The predicted octanol–water partition coefficient (Wildman–Crippen LogP) is 2.44. The summed E-state index contributed by atoms with van der Waals surface area (Å²) in [5.41, 5.74) is 0.370. The van der Waals surface area contributed by atoms with Crippen LogP contribution in [0.5, 0.6) is 0 Å². The van der Waals surface area contributed by atoms with E-state index >= 15 is 0 Å². The number of rotatable bonds is 9. The summed E-state index contributed by atoms with van der Waals surface area (Å²) in [7, 11) is -8.94. The van der Waals surface area contributed by atoms with E-state index in [4.69, 9.17) is 26.1 Å². The van der Waals surface area contributed by atoms with Crippen molar-refractivity contribution in [2.45, 2.75) is 75.9 Å². The number of halogens is 1. The molecule has 14 nitrogen and oxygen atoms in total. The summed E-state index contributed by atoms with van der Waals surface area (Å²) in [6.45, 7) is 0. The maximum Gasteiger partial charge on any atom is 0.335 e. The molecule has 6 N–H and O–H groups in total. The molecule has 2 aromatic rings. The van der Waals surface area contributed by atoms with E-state index in [1.54, 1.807) is 0 Å². The summed E-state index contributed by atoms with van der Waals surface area (Å²) in [6, 6.07) is 0. The number of aliphatic hydroxyl groups is 2. The van der Waals surface area contributed by atoms with Crippen LogP contribution in [0.1, 0.15) is 57.6 Å². The molecule has 0 spiro atoms. The highest BCUT2D eigenvalue weighted by Gasteiger charge is 2.51. The molecule has 4 saturated carbocycles. The van der Waals surface area contributed by atoms with E-state index < -0.39 is 51.6 Å². The van der Waals surface area contributed by atoms with Crippen LogP contribution in [0.4, 0.5) is 5.82 Å². The molecule has 0 aromatic carbocycles. The highest BCUT2D eigenvalue weighted by atomic mass is 35.5. The summed E-state index contributed by atoms with van der Waals surface area (Å²) < 4.78 is 30.5. The number of ether oxygens (including phenoxy) is 1. The van der Waals surface area contributed by atoms with Crippen molar-refractivity contribution in [3.8, 4) is 0 Å². The molecule has 5 fully saturated rings. The van der Waals surface area contributed by atoms with Crippen LogP contribution in [-0.2, 0) is 18.7 Å². The first-order valence-electron chi connectivity index (χ1n) is 13.8. The Balaban J connectivity index is 1.17. The van der Waals surface area contributed by atoms with Crippen LogP contribution in [0.25, 0.3) is 11.2 Å². The number of nitrogens with one attached hydrogen (secondary N) is 1. The number of anilines is 1. The Morgan fingerprint density at radius 2 is 1.71 bits per heavy atom. The monoisotopic (exact) mass is 633 g/mol. The molecule has 4 bridgehead atoms. The van der Waals surface area contributed by atoms with Gasteiger partial charge in [0.25, 0.3) is 0 Å². The lowest BCUT2D eigenvalue weighted by Crippen LogP contribution is -2.47. The van der Waals surface area contributed by atoms with Gasteiger partial charge in [-0.1, -0.05) is 0 Å². The number of hydrogen-bond acceptors (Lipinski definition) is 9. The number of fused-ring (bicyclic) bond motifs is 1. The Morgan fingerprint density at radius 3 is 2.32 bits per heavy atom. The molecule has 2 aromatic heterocycles. The zero-order valence-corrected chi connectivity index (χ0v) is 24.7. The Hall–Kier alpha value is -1.47. The molecular formula is C24H34ClN5O9P2. The Labute approximate surface area is 240 Å². The second-order valence-corrected chi connectivity index (χ2v) is 17.5. The Kier molecular flexibility index (Phi) is 7.66. The summed E-state index contributed by atoms with van der Waals surface area (Å²) >= 11 is 6.20. The molecule has 226 valence electrons. The van der Waals surface area contributed by atoms with E-state index in [0.717, 1.165) is 19.3 Å². The third-order valence-corrected chi connectivity index (χ3v) is 13.5. The van der Waals surface area contributed by atoms with Gasteiger partial charge in [0.05, 0.1) is 12.4 Å². The molecule has 17 heteroatoms. The van der Waals surface area contributed by atoms with Gasteiger partial charge in [-0.3, -0.25) is 18.5 Å². The molecule has 3 heterocycles. The number of aliphatic hydroxyl groups excluding tert-OH is 2. The fourth-order valence-corrected chi connectivity index (χ4v) is 11.8. The molecule has 1 amide bonds. The van der Waals surface area contributed by atoms with Crippen molar-refractivity contribution in [3.63, 3.8) is 0 Å². The van der Waals surface area contributed by atoms with Crippen molar-refractivity contribution in [1.82, 2.24) is 19.5 Å². The molecule has 1 aliphatic heterocycles. The standard InChI is InChI=1S/C24H34ClN5O9P2/c25-23-28-20(27-16(31)9-24-6-12-3-13(7-24)5-14(4-12)8-24)17-21(29-23)30(10-26-17)22-19(33)18(32)15(39-22)1-2-40(34,35)11-41(36,37)38/h10,12-15,18-19,22,32-33H,1-9,11H2,(H,34,35)(H2,36,37,38)(H,27,28,29,31)/t12?,13?,14?,15-,18+,19?,22-,24?/m1/s1. The number of hydrogen-bond donors (Lipinski definition) is 6. The SMILES string of the molecule is O=C(CC12CC3CC(CC(C3)C1)C2)Nc1nc(Cl)nc2c1ncn2[C@@H]1O[C@H](CCP(=O)(O)CP(=O)(O)O)[C@H](O)C1O. The molecule has 7 rings (SSSR count). The zero-order chi connectivity index (χ0) is 29.3. The minimum Gasteiger partial charge on any atom is -0.388 e. The predicted molar refractivity (Wildman–Crippen MR) is 146 cm³/mol. The quantitative estimate of drug-likeness (QED) is 0.173. The van der Waals surface area contributed by atoms with E-state index in [0.29, 0.717) is 24.2 Å². The number of imidazole rings is 1. The highest BCUT2D eigenvalue weighted by molar-refractivity contribution is 7.72. The molecule has 4 aliphatic carbocycles. The fraction of sp³-hybridized carbons (Fsp3) is 0.750. The highest BCUT2D eigenvalue weighted by Crippen LogP contribution is 2.61. The van der Waals surface area contributed by atoms with Crippen LogP contribution >= 0.6 is 26.6 Å². The van der Waals surface area contributed by atoms with Gasteiger partial charge < -0.3 is 34.9 Å². The van der Waals surface area contributed by atoms with E-state index in [-0.39, 0.29) is 40.0 Å². The molecule has 5 aliphatic rings.